The van der Waals surface area contributed by atoms with Gasteiger partial charge < -0.3 is 13.6 Å². The van der Waals surface area contributed by atoms with Gasteiger partial charge in [-0.15, -0.1) is 0 Å². The van der Waals surface area contributed by atoms with Crippen molar-refractivity contribution < 1.29 is 18.4 Å². The number of hydrogen-bond acceptors (Lipinski definition) is 4. The highest BCUT2D eigenvalue weighted by molar-refractivity contribution is 6.71. The van der Waals surface area contributed by atoms with Crippen LogP contribution < -0.4 is 0 Å². The summed E-state index contributed by atoms with van der Waals surface area (Å²) in [4.78, 5) is 11.9. The molecule has 2 unspecified atom stereocenters. The van der Waals surface area contributed by atoms with E-state index in [1.807, 2.05) is 19.6 Å². The van der Waals surface area contributed by atoms with Crippen molar-refractivity contribution in [2.24, 2.45) is 5.92 Å². The van der Waals surface area contributed by atoms with Gasteiger partial charge in [-0.25, -0.2) is 0 Å². The molecule has 0 aromatic carbocycles. The van der Waals surface area contributed by atoms with Crippen LogP contribution in [0.25, 0.3) is 0 Å². The van der Waals surface area contributed by atoms with E-state index in [1.54, 1.807) is 0 Å². The Bertz CT molecular complexity index is 293. The summed E-state index contributed by atoms with van der Waals surface area (Å²) in [5.74, 6) is -0.198. The first-order chi connectivity index (χ1) is 8.07. The third-order valence-electron chi connectivity index (χ3n) is 2.52. The number of carbonyl (C=O) groups is 1. The summed E-state index contributed by atoms with van der Waals surface area (Å²) in [6.07, 6.45) is 0.782. The van der Waals surface area contributed by atoms with Crippen LogP contribution in [-0.2, 0) is 18.4 Å². The maximum absolute atomic E-state index is 11.9. The molecule has 0 N–H and O–H groups in total. The van der Waals surface area contributed by atoms with Crippen molar-refractivity contribution >= 4 is 22.6 Å². The first-order valence-electron chi connectivity index (χ1n) is 6.55. The van der Waals surface area contributed by atoms with Gasteiger partial charge in [0, 0.05) is 0 Å². The fourth-order valence-electron chi connectivity index (χ4n) is 1.71. The molecule has 6 heteroatoms. The van der Waals surface area contributed by atoms with Crippen LogP contribution >= 0.6 is 0 Å². The minimum atomic E-state index is -1.79. The van der Waals surface area contributed by atoms with Gasteiger partial charge in [-0.05, 0) is 45.7 Å². The summed E-state index contributed by atoms with van der Waals surface area (Å²) in [5.41, 5.74) is 0. The Balaban J connectivity index is 2.35. The first kappa shape index (κ1) is 15.9. The molecule has 0 bridgehead atoms. The molecule has 18 heavy (non-hydrogen) atoms. The zero-order chi connectivity index (χ0) is 14.0. The fourth-order valence-corrected chi connectivity index (χ4v) is 3.17. The van der Waals surface area contributed by atoms with E-state index in [-0.39, 0.29) is 18.0 Å². The molecule has 0 spiro atoms. The number of rotatable bonds is 5. The van der Waals surface area contributed by atoms with Gasteiger partial charge in [0.05, 0.1) is 25.2 Å². The minimum absolute atomic E-state index is 0.0518. The van der Waals surface area contributed by atoms with Crippen molar-refractivity contribution in [2.75, 3.05) is 13.2 Å². The molecule has 1 saturated heterocycles. The molecular formula is C12H26O4Si2. The predicted molar refractivity (Wildman–Crippen MR) is 76.6 cm³/mol. The Hall–Kier alpha value is -0.176. The third kappa shape index (κ3) is 6.13. The van der Waals surface area contributed by atoms with E-state index in [2.05, 4.69) is 19.6 Å². The van der Waals surface area contributed by atoms with E-state index >= 15 is 0 Å². The zero-order valence-electron chi connectivity index (χ0n) is 12.4. The van der Waals surface area contributed by atoms with Gasteiger partial charge in [0.15, 0.2) is 8.32 Å². The number of ether oxygens (including phenoxy) is 1. The van der Waals surface area contributed by atoms with E-state index < -0.39 is 16.6 Å². The summed E-state index contributed by atoms with van der Waals surface area (Å²) >= 11 is 0. The lowest BCUT2D eigenvalue weighted by molar-refractivity contribution is -0.139. The summed E-state index contributed by atoms with van der Waals surface area (Å²) in [5, 5.41) is 0. The van der Waals surface area contributed by atoms with Crippen LogP contribution in [0.2, 0.25) is 39.3 Å². The maximum Gasteiger partial charge on any atom is 0.298 e. The van der Waals surface area contributed by atoms with Crippen LogP contribution in [0.1, 0.15) is 6.42 Å². The van der Waals surface area contributed by atoms with Crippen molar-refractivity contribution in [3.63, 3.8) is 0 Å². The predicted octanol–water partition coefficient (Wildman–Crippen LogP) is 2.62. The van der Waals surface area contributed by atoms with E-state index in [9.17, 15) is 4.79 Å². The molecule has 0 saturated carbocycles. The average Bonchev–Trinajstić information content (AvgIpc) is 2.58. The lowest BCUT2D eigenvalue weighted by Crippen LogP contribution is -2.33. The second-order valence-corrected chi connectivity index (χ2v) is 15.8. The Morgan fingerprint density at radius 3 is 2.28 bits per heavy atom. The quantitative estimate of drug-likeness (QED) is 0.730. The summed E-state index contributed by atoms with van der Waals surface area (Å²) in [6.45, 7) is 13.6. The lowest BCUT2D eigenvalue weighted by atomic mass is 10.1. The van der Waals surface area contributed by atoms with Gasteiger partial charge in [-0.1, -0.05) is 0 Å². The summed E-state index contributed by atoms with van der Waals surface area (Å²) < 4.78 is 16.9. The Labute approximate surface area is 112 Å². The standard InChI is InChI=1S/C12H26O4Si2/c1-17(2,3)15-9-11-7-10(8-14-11)12(13)16-18(4,5)6/h10-11H,7-9H2,1-6H3. The second-order valence-electron chi connectivity index (χ2n) is 6.84. The van der Waals surface area contributed by atoms with Gasteiger partial charge >= 0.3 is 0 Å². The molecule has 0 aliphatic carbocycles. The summed E-state index contributed by atoms with van der Waals surface area (Å²) in [6, 6.07) is 0. The van der Waals surface area contributed by atoms with Crippen molar-refractivity contribution in [1.82, 2.24) is 0 Å². The van der Waals surface area contributed by atoms with E-state index in [1.165, 1.54) is 0 Å². The molecule has 1 rings (SSSR count). The van der Waals surface area contributed by atoms with E-state index in [4.69, 9.17) is 13.6 Å². The monoisotopic (exact) mass is 290 g/mol. The van der Waals surface area contributed by atoms with Crippen molar-refractivity contribution in [3.05, 3.63) is 0 Å². The van der Waals surface area contributed by atoms with Crippen LogP contribution in [0.4, 0.5) is 0 Å². The first-order valence-corrected chi connectivity index (χ1v) is 13.4. The molecule has 4 nitrogen and oxygen atoms in total. The van der Waals surface area contributed by atoms with Crippen LogP contribution in [-0.4, -0.2) is 41.9 Å². The van der Waals surface area contributed by atoms with Crippen LogP contribution in [0.15, 0.2) is 0 Å². The molecule has 1 aliphatic heterocycles. The van der Waals surface area contributed by atoms with Gasteiger partial charge in [0.25, 0.3) is 5.97 Å². The number of hydrogen-bond donors (Lipinski definition) is 0. The van der Waals surface area contributed by atoms with Crippen LogP contribution in [0.5, 0.6) is 0 Å². The van der Waals surface area contributed by atoms with Crippen LogP contribution in [0.3, 0.4) is 0 Å². The van der Waals surface area contributed by atoms with Crippen molar-refractivity contribution in [3.8, 4) is 0 Å². The highest BCUT2D eigenvalue weighted by Gasteiger charge is 2.34. The van der Waals surface area contributed by atoms with Crippen molar-refractivity contribution in [1.29, 1.82) is 0 Å². The maximum atomic E-state index is 11.9. The largest absolute Gasteiger partial charge is 0.520 e. The average molecular weight is 291 g/mol. The molecule has 0 aromatic rings. The zero-order valence-corrected chi connectivity index (χ0v) is 14.4. The topological polar surface area (TPSA) is 44.8 Å². The highest BCUT2D eigenvalue weighted by atomic mass is 28.4. The molecule has 1 heterocycles. The molecular weight excluding hydrogens is 264 g/mol. The fraction of sp³-hybridized carbons (Fsp3) is 0.917. The minimum Gasteiger partial charge on any atom is -0.520 e. The Morgan fingerprint density at radius 1 is 1.17 bits per heavy atom. The second kappa shape index (κ2) is 5.85. The molecule has 2 atom stereocenters. The van der Waals surface area contributed by atoms with Gasteiger partial charge in [-0.3, -0.25) is 4.79 Å². The van der Waals surface area contributed by atoms with Gasteiger partial charge in [-0.2, -0.15) is 0 Å². The molecule has 0 radical (unpaired) electrons. The lowest BCUT2D eigenvalue weighted by Gasteiger charge is -2.20. The highest BCUT2D eigenvalue weighted by Crippen LogP contribution is 2.23. The number of carbonyl (C=O) groups excluding carboxylic acids is 1. The normalized spacial score (nSPS) is 25.2. The SMILES string of the molecule is C[Si](C)(C)OCC1CC(C(=O)O[Si](C)(C)C)CO1. The van der Waals surface area contributed by atoms with E-state index in [0.29, 0.717) is 13.2 Å². The van der Waals surface area contributed by atoms with Gasteiger partial charge in [0.2, 0.25) is 8.32 Å². The third-order valence-corrected chi connectivity index (χ3v) is 4.37. The smallest absolute Gasteiger partial charge is 0.298 e. The summed E-state index contributed by atoms with van der Waals surface area (Å²) in [7, 11) is -3.29. The molecule has 0 amide bonds. The van der Waals surface area contributed by atoms with Crippen LogP contribution in [0, 0.1) is 5.92 Å². The van der Waals surface area contributed by atoms with Gasteiger partial charge in [0.1, 0.15) is 0 Å². The molecule has 1 aliphatic rings. The molecule has 106 valence electrons. The Morgan fingerprint density at radius 2 is 1.78 bits per heavy atom. The van der Waals surface area contributed by atoms with Crippen molar-refractivity contribution in [2.45, 2.75) is 51.8 Å². The molecule has 0 aromatic heterocycles. The molecule has 1 fully saturated rings. The Kier molecular flexibility index (Phi) is 5.17. The van der Waals surface area contributed by atoms with E-state index in [0.717, 1.165) is 6.42 Å².